The summed E-state index contributed by atoms with van der Waals surface area (Å²) in [6.45, 7) is 0.995. The first-order chi connectivity index (χ1) is 10.7. The normalized spacial score (nSPS) is 17.5. The van der Waals surface area contributed by atoms with Crippen LogP contribution in [0.1, 0.15) is 6.42 Å². The topological polar surface area (TPSA) is 112 Å². The van der Waals surface area contributed by atoms with Crippen molar-refractivity contribution >= 4 is 29.1 Å². The van der Waals surface area contributed by atoms with E-state index in [1.807, 2.05) is 0 Å². The number of nitrogens with zero attached hydrogens (tertiary/aromatic N) is 3. The lowest BCUT2D eigenvalue weighted by Gasteiger charge is -2.15. The second-order valence-electron chi connectivity index (χ2n) is 4.97. The van der Waals surface area contributed by atoms with Crippen LogP contribution in [-0.4, -0.2) is 58.2 Å². The smallest absolute Gasteiger partial charge is 0.409 e. The number of urea groups is 1. The van der Waals surface area contributed by atoms with Crippen molar-refractivity contribution in [3.8, 4) is 0 Å². The van der Waals surface area contributed by atoms with E-state index in [4.69, 9.17) is 0 Å². The predicted molar refractivity (Wildman–Crippen MR) is 78.4 cm³/mol. The Labute approximate surface area is 126 Å². The molecule has 0 saturated carbocycles. The molecular weight excluding hydrogens is 288 g/mol. The Morgan fingerprint density at radius 3 is 3.18 bits per heavy atom. The number of amides is 3. The minimum Gasteiger partial charge on any atom is -0.453 e. The van der Waals surface area contributed by atoms with Gasteiger partial charge in [0.1, 0.15) is 5.52 Å². The van der Waals surface area contributed by atoms with Crippen LogP contribution in [0.25, 0.3) is 11.2 Å². The summed E-state index contributed by atoms with van der Waals surface area (Å²) in [6, 6.07) is 1.29. The van der Waals surface area contributed by atoms with Crippen LogP contribution in [-0.2, 0) is 4.74 Å². The molecule has 0 bridgehead atoms. The van der Waals surface area contributed by atoms with E-state index in [9.17, 15) is 9.59 Å². The van der Waals surface area contributed by atoms with Crippen LogP contribution >= 0.6 is 0 Å². The molecule has 0 aliphatic carbocycles. The molecule has 2 aromatic heterocycles. The zero-order chi connectivity index (χ0) is 15.5. The molecule has 3 heterocycles. The van der Waals surface area contributed by atoms with Gasteiger partial charge in [-0.3, -0.25) is 5.32 Å². The number of hydrogen-bond acceptors (Lipinski definition) is 5. The number of nitrogens with one attached hydrogen (secondary N) is 3. The molecule has 2 aromatic rings. The van der Waals surface area contributed by atoms with Crippen molar-refractivity contribution in [3.63, 3.8) is 0 Å². The summed E-state index contributed by atoms with van der Waals surface area (Å²) < 4.78 is 4.65. The Bertz CT molecular complexity index is 700. The molecular formula is C13H16N6O3. The summed E-state index contributed by atoms with van der Waals surface area (Å²) in [5.74, 6) is 0.368. The lowest BCUT2D eigenvalue weighted by Crippen LogP contribution is -2.40. The van der Waals surface area contributed by atoms with Crippen LogP contribution in [0.15, 0.2) is 18.5 Å². The standard InChI is InChI=1S/C13H16N6O3/c1-22-13(21)19-5-3-8(7-19)16-12(20)18-10-6-15-11-9(17-10)2-4-14-11/h2,4,6,8H,3,5,7H2,1H3,(H,14,15)(H2,16,17,18,20). The van der Waals surface area contributed by atoms with Gasteiger partial charge in [-0.05, 0) is 12.5 Å². The lowest BCUT2D eigenvalue weighted by molar-refractivity contribution is 0.132. The van der Waals surface area contributed by atoms with Crippen molar-refractivity contribution in [2.24, 2.45) is 0 Å². The molecule has 1 unspecified atom stereocenters. The van der Waals surface area contributed by atoms with E-state index in [1.54, 1.807) is 17.2 Å². The molecule has 0 radical (unpaired) electrons. The summed E-state index contributed by atoms with van der Waals surface area (Å²) in [4.78, 5) is 36.2. The molecule has 0 spiro atoms. The molecule has 22 heavy (non-hydrogen) atoms. The first-order valence-electron chi connectivity index (χ1n) is 6.86. The second-order valence-corrected chi connectivity index (χ2v) is 4.97. The number of aromatic nitrogens is 3. The molecule has 1 fully saturated rings. The van der Waals surface area contributed by atoms with Gasteiger partial charge in [0, 0.05) is 25.3 Å². The van der Waals surface area contributed by atoms with Gasteiger partial charge in [-0.15, -0.1) is 0 Å². The van der Waals surface area contributed by atoms with E-state index >= 15 is 0 Å². The Morgan fingerprint density at radius 1 is 1.50 bits per heavy atom. The zero-order valence-corrected chi connectivity index (χ0v) is 12.0. The van der Waals surface area contributed by atoms with E-state index in [0.29, 0.717) is 36.5 Å². The Balaban J connectivity index is 1.55. The highest BCUT2D eigenvalue weighted by Gasteiger charge is 2.27. The Kier molecular flexibility index (Phi) is 3.77. The van der Waals surface area contributed by atoms with Crippen LogP contribution in [0, 0.1) is 0 Å². The van der Waals surface area contributed by atoms with Crippen molar-refractivity contribution in [3.05, 3.63) is 18.5 Å². The molecule has 1 aliphatic rings. The maximum atomic E-state index is 12.0. The van der Waals surface area contributed by atoms with Gasteiger partial charge in [0.15, 0.2) is 11.5 Å². The number of carbonyl (C=O) groups excluding carboxylic acids is 2. The van der Waals surface area contributed by atoms with E-state index in [-0.39, 0.29) is 18.2 Å². The number of H-pyrrole nitrogens is 1. The number of hydrogen-bond donors (Lipinski definition) is 3. The van der Waals surface area contributed by atoms with Gasteiger partial charge >= 0.3 is 12.1 Å². The number of likely N-dealkylation sites (tertiary alicyclic amines) is 1. The molecule has 116 valence electrons. The van der Waals surface area contributed by atoms with Gasteiger partial charge < -0.3 is 19.9 Å². The van der Waals surface area contributed by atoms with Crippen LogP contribution in [0.2, 0.25) is 0 Å². The fraction of sp³-hybridized carbons (Fsp3) is 0.385. The number of methoxy groups -OCH3 is 1. The fourth-order valence-corrected chi connectivity index (χ4v) is 2.40. The highest BCUT2D eigenvalue weighted by Crippen LogP contribution is 2.12. The number of aromatic amines is 1. The van der Waals surface area contributed by atoms with Crippen molar-refractivity contribution in [1.82, 2.24) is 25.2 Å². The third-order valence-electron chi connectivity index (χ3n) is 3.46. The quantitative estimate of drug-likeness (QED) is 0.763. The number of fused-ring (bicyclic) bond motifs is 1. The molecule has 3 rings (SSSR count). The third-order valence-corrected chi connectivity index (χ3v) is 3.46. The Hall–Kier alpha value is -2.84. The van der Waals surface area contributed by atoms with Crippen molar-refractivity contribution in [1.29, 1.82) is 0 Å². The summed E-state index contributed by atoms with van der Waals surface area (Å²) in [7, 11) is 1.34. The van der Waals surface area contributed by atoms with Gasteiger partial charge in [-0.2, -0.15) is 0 Å². The number of ether oxygens (including phenoxy) is 1. The predicted octanol–water partition coefficient (Wildman–Crippen LogP) is 0.920. The first kappa shape index (κ1) is 14.1. The van der Waals surface area contributed by atoms with Crippen LogP contribution < -0.4 is 10.6 Å². The summed E-state index contributed by atoms with van der Waals surface area (Å²) in [5, 5.41) is 5.44. The molecule has 3 N–H and O–H groups in total. The monoisotopic (exact) mass is 304 g/mol. The maximum absolute atomic E-state index is 12.0. The van der Waals surface area contributed by atoms with E-state index < -0.39 is 0 Å². The summed E-state index contributed by atoms with van der Waals surface area (Å²) in [5.41, 5.74) is 1.34. The van der Waals surface area contributed by atoms with Gasteiger partial charge in [-0.1, -0.05) is 0 Å². The van der Waals surface area contributed by atoms with Gasteiger partial charge in [0.05, 0.1) is 13.3 Å². The third kappa shape index (κ3) is 2.92. The van der Waals surface area contributed by atoms with Crippen molar-refractivity contribution < 1.29 is 14.3 Å². The summed E-state index contributed by atoms with van der Waals surface area (Å²) >= 11 is 0. The second kappa shape index (κ2) is 5.88. The van der Waals surface area contributed by atoms with E-state index in [1.165, 1.54) is 13.3 Å². The lowest BCUT2D eigenvalue weighted by atomic mass is 10.3. The minimum atomic E-state index is -0.381. The highest BCUT2D eigenvalue weighted by molar-refractivity contribution is 5.89. The molecule has 9 heteroatoms. The molecule has 9 nitrogen and oxygen atoms in total. The molecule has 1 atom stereocenters. The zero-order valence-electron chi connectivity index (χ0n) is 12.0. The Morgan fingerprint density at radius 2 is 2.36 bits per heavy atom. The van der Waals surface area contributed by atoms with Gasteiger partial charge in [0.25, 0.3) is 0 Å². The van der Waals surface area contributed by atoms with Crippen LogP contribution in [0.5, 0.6) is 0 Å². The van der Waals surface area contributed by atoms with Crippen LogP contribution in [0.4, 0.5) is 15.4 Å². The molecule has 3 amide bonds. The number of rotatable bonds is 2. The number of anilines is 1. The first-order valence-corrected chi connectivity index (χ1v) is 6.86. The summed E-state index contributed by atoms with van der Waals surface area (Å²) in [6.07, 6.45) is 3.52. The molecule has 0 aromatic carbocycles. The SMILES string of the molecule is COC(=O)N1CCC(NC(=O)Nc2cnc3[nH]ccc3n2)C1. The minimum absolute atomic E-state index is 0.108. The van der Waals surface area contributed by atoms with Crippen molar-refractivity contribution in [2.75, 3.05) is 25.5 Å². The highest BCUT2D eigenvalue weighted by atomic mass is 16.5. The largest absolute Gasteiger partial charge is 0.453 e. The average molecular weight is 304 g/mol. The maximum Gasteiger partial charge on any atom is 0.409 e. The van der Waals surface area contributed by atoms with Gasteiger partial charge in [0.2, 0.25) is 0 Å². The fourth-order valence-electron chi connectivity index (χ4n) is 2.40. The van der Waals surface area contributed by atoms with Crippen molar-refractivity contribution in [2.45, 2.75) is 12.5 Å². The molecule has 1 saturated heterocycles. The van der Waals surface area contributed by atoms with Gasteiger partial charge in [-0.25, -0.2) is 19.6 Å². The van der Waals surface area contributed by atoms with E-state index in [2.05, 4.69) is 30.3 Å². The average Bonchev–Trinajstić information content (AvgIpc) is 3.14. The molecule has 1 aliphatic heterocycles. The van der Waals surface area contributed by atoms with Crippen LogP contribution in [0.3, 0.4) is 0 Å². The number of carbonyl (C=O) groups is 2. The van der Waals surface area contributed by atoms with E-state index in [0.717, 1.165) is 0 Å².